The first kappa shape index (κ1) is 35.8. The average molecular weight is 697 g/mol. The average Bonchev–Trinajstić information content (AvgIpc) is 3.06. The summed E-state index contributed by atoms with van der Waals surface area (Å²) in [7, 11) is -2.72. The van der Waals surface area contributed by atoms with Crippen LogP contribution in [0.3, 0.4) is 0 Å². The molecule has 0 saturated carbocycles. The summed E-state index contributed by atoms with van der Waals surface area (Å²) in [6.07, 6.45) is 0.869. The first-order valence-electron chi connectivity index (χ1n) is 15.2. The molecule has 0 fully saturated rings. The predicted molar refractivity (Wildman–Crippen MR) is 188 cm³/mol. The van der Waals surface area contributed by atoms with Gasteiger partial charge in [0, 0.05) is 29.1 Å². The Labute approximate surface area is 287 Å². The van der Waals surface area contributed by atoms with Crippen LogP contribution in [0.1, 0.15) is 37.0 Å². The normalized spacial score (nSPS) is 12.6. The molecule has 0 saturated heterocycles. The van der Waals surface area contributed by atoms with Crippen LogP contribution in [-0.4, -0.2) is 50.9 Å². The van der Waals surface area contributed by atoms with Crippen LogP contribution in [0.25, 0.3) is 0 Å². The molecule has 0 radical (unpaired) electrons. The summed E-state index contributed by atoms with van der Waals surface area (Å²) in [5.41, 5.74) is 2.53. The molecule has 1 N–H and O–H groups in total. The zero-order valence-electron chi connectivity index (χ0n) is 26.8. The molecule has 0 aliphatic carbocycles. The van der Waals surface area contributed by atoms with E-state index in [2.05, 4.69) is 5.32 Å². The second kappa shape index (κ2) is 16.2. The van der Waals surface area contributed by atoms with E-state index in [1.54, 1.807) is 54.6 Å². The summed E-state index contributed by atoms with van der Waals surface area (Å²) in [5, 5.41) is 3.75. The van der Waals surface area contributed by atoms with Gasteiger partial charge in [0.15, 0.2) is 0 Å². The van der Waals surface area contributed by atoms with Crippen LogP contribution in [0.15, 0.2) is 102 Å². The number of carbonyl (C=O) groups excluding carboxylic acids is 2. The number of carbonyl (C=O) groups is 2. The van der Waals surface area contributed by atoms with Crippen molar-refractivity contribution in [2.24, 2.45) is 0 Å². The zero-order valence-corrected chi connectivity index (χ0v) is 29.1. The van der Waals surface area contributed by atoms with Gasteiger partial charge in [0.25, 0.3) is 10.0 Å². The lowest BCUT2D eigenvalue weighted by Gasteiger charge is -2.34. The molecule has 2 amide bonds. The smallest absolute Gasteiger partial charge is 0.264 e. The molecule has 0 spiro atoms. The molecule has 0 aromatic heterocycles. The van der Waals surface area contributed by atoms with Crippen molar-refractivity contribution in [2.75, 3.05) is 18.0 Å². The van der Waals surface area contributed by atoms with E-state index in [0.717, 1.165) is 15.4 Å². The number of hydrogen-bond acceptors (Lipinski definition) is 5. The highest BCUT2D eigenvalue weighted by atomic mass is 35.5. The quantitative estimate of drug-likeness (QED) is 0.152. The third-order valence-corrected chi connectivity index (χ3v) is 10.3. The highest BCUT2D eigenvalue weighted by Crippen LogP contribution is 2.28. The number of aryl methyl sites for hydroxylation is 1. The molecule has 47 heavy (non-hydrogen) atoms. The van der Waals surface area contributed by atoms with E-state index < -0.39 is 28.5 Å². The number of methoxy groups -OCH3 is 1. The van der Waals surface area contributed by atoms with E-state index in [4.69, 9.17) is 27.9 Å². The number of anilines is 1. The van der Waals surface area contributed by atoms with Crippen molar-refractivity contribution in [3.63, 3.8) is 0 Å². The predicted octanol–water partition coefficient (Wildman–Crippen LogP) is 7.06. The third-order valence-electron chi connectivity index (χ3n) is 7.88. The van der Waals surface area contributed by atoms with Crippen LogP contribution in [0.4, 0.5) is 5.69 Å². The van der Waals surface area contributed by atoms with Gasteiger partial charge in [0.1, 0.15) is 18.3 Å². The number of ether oxygens (including phenoxy) is 1. The van der Waals surface area contributed by atoms with Crippen LogP contribution in [0.2, 0.25) is 10.0 Å². The maximum Gasteiger partial charge on any atom is 0.264 e. The molecular weight excluding hydrogens is 657 g/mol. The van der Waals surface area contributed by atoms with E-state index in [-0.39, 0.29) is 35.5 Å². The minimum absolute atomic E-state index is 0.0226. The van der Waals surface area contributed by atoms with Gasteiger partial charge < -0.3 is 15.0 Å². The summed E-state index contributed by atoms with van der Waals surface area (Å²) in [6, 6.07) is 25.9. The molecule has 0 unspecified atom stereocenters. The van der Waals surface area contributed by atoms with Crippen LogP contribution in [-0.2, 0) is 32.6 Å². The Morgan fingerprint density at radius 1 is 0.915 bits per heavy atom. The van der Waals surface area contributed by atoms with Crippen molar-refractivity contribution in [2.45, 2.75) is 57.1 Å². The number of nitrogens with zero attached hydrogens (tertiary/aromatic N) is 2. The summed E-state index contributed by atoms with van der Waals surface area (Å²) in [6.45, 7) is 5.05. The van der Waals surface area contributed by atoms with E-state index in [9.17, 15) is 18.0 Å². The summed E-state index contributed by atoms with van der Waals surface area (Å²) in [4.78, 5) is 30.0. The number of benzene rings is 4. The van der Waals surface area contributed by atoms with Crippen LogP contribution < -0.4 is 14.4 Å². The molecule has 4 rings (SSSR count). The molecule has 0 bridgehead atoms. The van der Waals surface area contributed by atoms with E-state index >= 15 is 0 Å². The van der Waals surface area contributed by atoms with E-state index in [0.29, 0.717) is 27.8 Å². The fraction of sp³-hybridized carbons (Fsp3) is 0.278. The first-order chi connectivity index (χ1) is 22.4. The highest BCUT2D eigenvalue weighted by molar-refractivity contribution is 7.92. The van der Waals surface area contributed by atoms with Gasteiger partial charge >= 0.3 is 0 Å². The van der Waals surface area contributed by atoms with Crippen molar-refractivity contribution >= 4 is 50.7 Å². The molecule has 0 aliphatic rings. The highest BCUT2D eigenvalue weighted by Gasteiger charge is 2.35. The Kier molecular flexibility index (Phi) is 12.3. The Morgan fingerprint density at radius 2 is 1.57 bits per heavy atom. The van der Waals surface area contributed by atoms with Crippen molar-refractivity contribution in [1.29, 1.82) is 0 Å². The Morgan fingerprint density at radius 3 is 2.17 bits per heavy atom. The molecule has 0 heterocycles. The maximum atomic E-state index is 14.6. The van der Waals surface area contributed by atoms with E-state index in [1.807, 2.05) is 51.1 Å². The summed E-state index contributed by atoms with van der Waals surface area (Å²) >= 11 is 12.8. The van der Waals surface area contributed by atoms with Crippen LogP contribution in [0, 0.1) is 6.92 Å². The van der Waals surface area contributed by atoms with Gasteiger partial charge in [-0.25, -0.2) is 8.42 Å². The van der Waals surface area contributed by atoms with E-state index in [1.165, 1.54) is 24.1 Å². The molecule has 4 aromatic carbocycles. The monoisotopic (exact) mass is 695 g/mol. The minimum atomic E-state index is -4.23. The topological polar surface area (TPSA) is 96.0 Å². The lowest BCUT2D eigenvalue weighted by atomic mass is 10.0. The van der Waals surface area contributed by atoms with Crippen LogP contribution in [0.5, 0.6) is 5.75 Å². The van der Waals surface area contributed by atoms with Crippen LogP contribution >= 0.6 is 23.2 Å². The fourth-order valence-electron chi connectivity index (χ4n) is 4.94. The van der Waals surface area contributed by atoms with Crippen molar-refractivity contribution in [1.82, 2.24) is 10.2 Å². The summed E-state index contributed by atoms with van der Waals surface area (Å²) < 4.78 is 34.7. The lowest BCUT2D eigenvalue weighted by molar-refractivity contribution is -0.140. The van der Waals surface area contributed by atoms with Gasteiger partial charge in [-0.1, -0.05) is 84.2 Å². The molecule has 8 nitrogen and oxygen atoms in total. The van der Waals surface area contributed by atoms with Crippen molar-refractivity contribution < 1.29 is 22.7 Å². The Bertz CT molecular complexity index is 1770. The van der Waals surface area contributed by atoms with Crippen molar-refractivity contribution in [3.05, 3.63) is 124 Å². The number of nitrogens with one attached hydrogen (secondary N) is 1. The second-order valence-electron chi connectivity index (χ2n) is 11.3. The van der Waals surface area contributed by atoms with Gasteiger partial charge in [-0.05, 0) is 79.9 Å². The van der Waals surface area contributed by atoms with Gasteiger partial charge in [-0.2, -0.15) is 0 Å². The second-order valence-corrected chi connectivity index (χ2v) is 14.0. The molecular formula is C36H39Cl2N3O5S. The number of hydrogen-bond donors (Lipinski definition) is 1. The Balaban J connectivity index is 1.83. The molecule has 4 aromatic rings. The fourth-order valence-corrected chi connectivity index (χ4v) is 6.83. The first-order valence-corrected chi connectivity index (χ1v) is 17.4. The van der Waals surface area contributed by atoms with Gasteiger partial charge in [-0.3, -0.25) is 13.9 Å². The number of rotatable bonds is 14. The third kappa shape index (κ3) is 9.28. The molecule has 11 heteroatoms. The lowest BCUT2D eigenvalue weighted by Crippen LogP contribution is -2.54. The van der Waals surface area contributed by atoms with Gasteiger partial charge in [0.2, 0.25) is 11.8 Å². The minimum Gasteiger partial charge on any atom is -0.497 e. The largest absolute Gasteiger partial charge is 0.497 e. The SMILES string of the molecule is CC[C@H](C)NC(=O)[C@@H](Cc1ccccc1)N(Cc1ccc(Cl)cc1Cl)C(=O)CN(c1ccc(OC)cc1)S(=O)(=O)c1ccc(C)cc1. The summed E-state index contributed by atoms with van der Waals surface area (Å²) in [5.74, 6) is -0.432. The number of amides is 2. The molecule has 2 atom stereocenters. The van der Waals surface area contributed by atoms with Gasteiger partial charge in [0.05, 0.1) is 17.7 Å². The molecule has 248 valence electrons. The maximum absolute atomic E-state index is 14.6. The van der Waals surface area contributed by atoms with Gasteiger partial charge in [-0.15, -0.1) is 0 Å². The zero-order chi connectivity index (χ0) is 34.1. The standard InChI is InChI=1S/C36H39Cl2N3O5S/c1-5-26(3)39-36(43)34(21-27-9-7-6-8-10-27)40(23-28-13-14-29(37)22-33(28)38)35(42)24-41(30-15-17-31(46-4)18-16-30)47(44,45)32-19-11-25(2)12-20-32/h6-20,22,26,34H,5,21,23-24H2,1-4H3,(H,39,43)/t26-,34+/m0/s1. The number of halogens is 2. The Hall–Kier alpha value is -4.05. The number of sulfonamides is 1. The molecule has 0 aliphatic heterocycles. The van der Waals surface area contributed by atoms with Crippen molar-refractivity contribution in [3.8, 4) is 5.75 Å².